The first-order chi connectivity index (χ1) is 9.62. The summed E-state index contributed by atoms with van der Waals surface area (Å²) in [5.74, 6) is -0.712. The summed E-state index contributed by atoms with van der Waals surface area (Å²) in [6, 6.07) is 7.57. The van der Waals surface area contributed by atoms with Crippen LogP contribution in [0.3, 0.4) is 0 Å². The van der Waals surface area contributed by atoms with Crippen LogP contribution in [0, 0.1) is 6.92 Å². The predicted octanol–water partition coefficient (Wildman–Crippen LogP) is 2.47. The molecule has 104 valence electrons. The number of hydrogen-bond donors (Lipinski definition) is 1. The monoisotopic (exact) mass is 271 g/mol. The van der Waals surface area contributed by atoms with Gasteiger partial charge in [-0.25, -0.2) is 0 Å². The van der Waals surface area contributed by atoms with Crippen LogP contribution in [0.2, 0.25) is 0 Å². The highest BCUT2D eigenvalue weighted by Gasteiger charge is 2.42. The number of hydrogen-bond acceptors (Lipinski definition) is 3. The maximum Gasteiger partial charge on any atom is 0.314 e. The van der Waals surface area contributed by atoms with E-state index in [9.17, 15) is 9.90 Å². The molecular weight excluding hydrogens is 254 g/mol. The molecule has 1 fully saturated rings. The Morgan fingerprint density at radius 2 is 1.90 bits per heavy atom. The first kappa shape index (κ1) is 12.8. The van der Waals surface area contributed by atoms with Crippen molar-refractivity contribution in [2.24, 2.45) is 0 Å². The maximum absolute atomic E-state index is 11.7. The number of benzene rings is 1. The average Bonchev–Trinajstić information content (AvgIpc) is 3.08. The van der Waals surface area contributed by atoms with E-state index in [0.717, 1.165) is 42.6 Å². The number of aromatic nitrogens is 3. The number of rotatable bonds is 3. The van der Waals surface area contributed by atoms with Gasteiger partial charge in [0, 0.05) is 0 Å². The molecule has 3 rings (SSSR count). The van der Waals surface area contributed by atoms with E-state index < -0.39 is 11.4 Å². The lowest BCUT2D eigenvalue weighted by Crippen LogP contribution is -2.32. The zero-order valence-electron chi connectivity index (χ0n) is 11.4. The Bertz CT molecular complexity index is 625. The number of carboxylic acid groups (broad SMARTS) is 1. The number of aryl methyl sites for hydroxylation is 1. The summed E-state index contributed by atoms with van der Waals surface area (Å²) >= 11 is 0. The Balaban J connectivity index is 1.95. The highest BCUT2D eigenvalue weighted by Crippen LogP contribution is 2.41. The quantitative estimate of drug-likeness (QED) is 0.931. The van der Waals surface area contributed by atoms with E-state index in [0.29, 0.717) is 0 Å². The topological polar surface area (TPSA) is 68.0 Å². The summed E-state index contributed by atoms with van der Waals surface area (Å²) in [5.41, 5.74) is 1.88. The number of carboxylic acids is 1. The number of aliphatic carboxylic acids is 1. The zero-order chi connectivity index (χ0) is 14.2. The Labute approximate surface area is 117 Å². The van der Waals surface area contributed by atoms with Crippen molar-refractivity contribution in [3.05, 3.63) is 41.7 Å². The van der Waals surface area contributed by atoms with E-state index in [1.807, 2.05) is 31.2 Å². The van der Waals surface area contributed by atoms with Gasteiger partial charge in [0.05, 0.1) is 23.0 Å². The van der Waals surface area contributed by atoms with Crippen LogP contribution in [-0.4, -0.2) is 26.1 Å². The summed E-state index contributed by atoms with van der Waals surface area (Å²) in [6.45, 7) is 1.88. The van der Waals surface area contributed by atoms with Crippen molar-refractivity contribution >= 4 is 5.97 Å². The minimum absolute atomic E-state index is 0.702. The fourth-order valence-corrected chi connectivity index (χ4v) is 2.98. The van der Waals surface area contributed by atoms with E-state index in [1.165, 1.54) is 0 Å². The van der Waals surface area contributed by atoms with Crippen LogP contribution in [-0.2, 0) is 10.2 Å². The lowest BCUT2D eigenvalue weighted by atomic mass is 9.79. The predicted molar refractivity (Wildman–Crippen MR) is 73.9 cm³/mol. The summed E-state index contributed by atoms with van der Waals surface area (Å²) in [7, 11) is 0. The second kappa shape index (κ2) is 4.74. The molecular formula is C15H17N3O2. The van der Waals surface area contributed by atoms with Gasteiger partial charge in [0.1, 0.15) is 0 Å². The molecule has 1 aromatic carbocycles. The molecule has 0 amide bonds. The molecule has 5 heteroatoms. The average molecular weight is 271 g/mol. The molecule has 2 aromatic rings. The van der Waals surface area contributed by atoms with Gasteiger partial charge in [-0.3, -0.25) is 4.79 Å². The van der Waals surface area contributed by atoms with Gasteiger partial charge in [0.15, 0.2) is 0 Å². The fraction of sp³-hybridized carbons (Fsp3) is 0.400. The standard InChI is InChI=1S/C15H17N3O2/c1-11-10-16-18(17-11)13-6-4-12(5-7-13)15(14(19)20)8-2-3-9-15/h4-7,10H,2-3,8-9H2,1H3,(H,19,20). The van der Waals surface area contributed by atoms with Crippen molar-refractivity contribution in [1.82, 2.24) is 15.0 Å². The third kappa shape index (κ3) is 1.99. The second-order valence-corrected chi connectivity index (χ2v) is 5.42. The second-order valence-electron chi connectivity index (χ2n) is 5.42. The van der Waals surface area contributed by atoms with Crippen molar-refractivity contribution in [3.63, 3.8) is 0 Å². The smallest absolute Gasteiger partial charge is 0.314 e. The first-order valence-corrected chi connectivity index (χ1v) is 6.85. The minimum atomic E-state index is -0.712. The van der Waals surface area contributed by atoms with Gasteiger partial charge in [-0.2, -0.15) is 15.0 Å². The van der Waals surface area contributed by atoms with Crippen LogP contribution in [0.25, 0.3) is 5.69 Å². The van der Waals surface area contributed by atoms with E-state index in [1.54, 1.807) is 11.0 Å². The Morgan fingerprint density at radius 1 is 1.25 bits per heavy atom. The van der Waals surface area contributed by atoms with E-state index >= 15 is 0 Å². The highest BCUT2D eigenvalue weighted by atomic mass is 16.4. The Kier molecular flexibility index (Phi) is 3.04. The summed E-state index contributed by atoms with van der Waals surface area (Å²) < 4.78 is 0. The third-order valence-electron chi connectivity index (χ3n) is 4.12. The van der Waals surface area contributed by atoms with Crippen molar-refractivity contribution in [2.75, 3.05) is 0 Å². The lowest BCUT2D eigenvalue weighted by Gasteiger charge is -2.24. The summed E-state index contributed by atoms with van der Waals surface area (Å²) in [4.78, 5) is 13.2. The molecule has 0 aliphatic heterocycles. The van der Waals surface area contributed by atoms with Crippen LogP contribution >= 0.6 is 0 Å². The van der Waals surface area contributed by atoms with Crippen molar-refractivity contribution in [1.29, 1.82) is 0 Å². The van der Waals surface area contributed by atoms with Gasteiger partial charge in [-0.05, 0) is 37.5 Å². The summed E-state index contributed by atoms with van der Waals surface area (Å²) in [5, 5.41) is 18.0. The van der Waals surface area contributed by atoms with Gasteiger partial charge in [-0.15, -0.1) is 0 Å². The highest BCUT2D eigenvalue weighted by molar-refractivity contribution is 5.81. The fourth-order valence-electron chi connectivity index (χ4n) is 2.98. The van der Waals surface area contributed by atoms with Gasteiger partial charge in [0.25, 0.3) is 0 Å². The molecule has 0 unspecified atom stereocenters. The SMILES string of the molecule is Cc1cnn(-c2ccc(C3(C(=O)O)CCCC3)cc2)n1. The Hall–Kier alpha value is -2.17. The van der Waals surface area contributed by atoms with Crippen molar-refractivity contribution < 1.29 is 9.90 Å². The van der Waals surface area contributed by atoms with E-state index in [2.05, 4.69) is 10.2 Å². The van der Waals surface area contributed by atoms with Gasteiger partial charge >= 0.3 is 5.97 Å². The maximum atomic E-state index is 11.7. The third-order valence-corrected chi connectivity index (χ3v) is 4.12. The van der Waals surface area contributed by atoms with Crippen LogP contribution in [0.1, 0.15) is 36.9 Å². The molecule has 0 saturated heterocycles. The number of nitrogens with zero attached hydrogens (tertiary/aromatic N) is 3. The molecule has 0 atom stereocenters. The summed E-state index contributed by atoms with van der Waals surface area (Å²) in [6.07, 6.45) is 5.10. The molecule has 1 aliphatic carbocycles. The molecule has 1 aliphatic rings. The molecule has 0 bridgehead atoms. The van der Waals surface area contributed by atoms with Gasteiger partial charge < -0.3 is 5.11 Å². The number of carbonyl (C=O) groups is 1. The molecule has 0 spiro atoms. The van der Waals surface area contributed by atoms with E-state index in [-0.39, 0.29) is 0 Å². The van der Waals surface area contributed by atoms with Gasteiger partial charge in [-0.1, -0.05) is 25.0 Å². The molecule has 1 aromatic heterocycles. The van der Waals surface area contributed by atoms with E-state index in [4.69, 9.17) is 0 Å². The van der Waals surface area contributed by atoms with Crippen LogP contribution in [0.15, 0.2) is 30.5 Å². The molecule has 0 radical (unpaired) electrons. The molecule has 1 saturated carbocycles. The van der Waals surface area contributed by atoms with Crippen LogP contribution in [0.4, 0.5) is 0 Å². The molecule has 5 nitrogen and oxygen atoms in total. The Morgan fingerprint density at radius 3 is 2.40 bits per heavy atom. The zero-order valence-corrected chi connectivity index (χ0v) is 11.4. The lowest BCUT2D eigenvalue weighted by molar-refractivity contribution is -0.143. The van der Waals surface area contributed by atoms with Crippen molar-refractivity contribution in [2.45, 2.75) is 38.0 Å². The normalized spacial score (nSPS) is 17.2. The van der Waals surface area contributed by atoms with Crippen LogP contribution in [0.5, 0.6) is 0 Å². The first-order valence-electron chi connectivity index (χ1n) is 6.85. The van der Waals surface area contributed by atoms with Gasteiger partial charge in [0.2, 0.25) is 0 Å². The minimum Gasteiger partial charge on any atom is -0.481 e. The van der Waals surface area contributed by atoms with Crippen molar-refractivity contribution in [3.8, 4) is 5.69 Å². The molecule has 1 heterocycles. The molecule has 20 heavy (non-hydrogen) atoms. The largest absolute Gasteiger partial charge is 0.481 e. The molecule has 1 N–H and O–H groups in total. The van der Waals surface area contributed by atoms with Crippen LogP contribution < -0.4 is 0 Å².